The van der Waals surface area contributed by atoms with E-state index in [1.54, 1.807) is 23.0 Å². The summed E-state index contributed by atoms with van der Waals surface area (Å²) in [5, 5.41) is 7.39. The SMILES string of the molecule is O=C(NCCC1=CCCCC1)c1nn(-c2ccc(F)cc2)cc1OCc1ccccc1. The van der Waals surface area contributed by atoms with Gasteiger partial charge in [-0.2, -0.15) is 5.10 Å². The monoisotopic (exact) mass is 419 g/mol. The molecule has 6 heteroatoms. The lowest BCUT2D eigenvalue weighted by molar-refractivity contribution is 0.0944. The van der Waals surface area contributed by atoms with Crippen molar-refractivity contribution in [3.8, 4) is 11.4 Å². The molecule has 1 aromatic heterocycles. The molecule has 0 saturated carbocycles. The van der Waals surface area contributed by atoms with Crippen LogP contribution >= 0.6 is 0 Å². The van der Waals surface area contributed by atoms with Gasteiger partial charge < -0.3 is 10.1 Å². The maximum absolute atomic E-state index is 13.3. The number of allylic oxidation sites excluding steroid dienone is 1. The van der Waals surface area contributed by atoms with Crippen LogP contribution in [0.25, 0.3) is 5.69 Å². The van der Waals surface area contributed by atoms with Crippen molar-refractivity contribution in [3.05, 3.63) is 89.5 Å². The van der Waals surface area contributed by atoms with Gasteiger partial charge in [0.25, 0.3) is 5.91 Å². The Balaban J connectivity index is 1.49. The molecule has 0 spiro atoms. The molecule has 1 aliphatic carbocycles. The summed E-state index contributed by atoms with van der Waals surface area (Å²) < 4.78 is 20.8. The first-order chi connectivity index (χ1) is 15.2. The molecule has 0 unspecified atom stereocenters. The summed E-state index contributed by atoms with van der Waals surface area (Å²) in [7, 11) is 0. The number of hydrogen-bond acceptors (Lipinski definition) is 3. The number of hydrogen-bond donors (Lipinski definition) is 1. The van der Waals surface area contributed by atoms with Crippen LogP contribution in [0.3, 0.4) is 0 Å². The topological polar surface area (TPSA) is 56.2 Å². The molecule has 31 heavy (non-hydrogen) atoms. The maximum Gasteiger partial charge on any atom is 0.275 e. The molecule has 3 aromatic rings. The van der Waals surface area contributed by atoms with Gasteiger partial charge in [-0.05, 0) is 61.9 Å². The summed E-state index contributed by atoms with van der Waals surface area (Å²) in [4.78, 5) is 12.9. The second-order valence-electron chi connectivity index (χ2n) is 7.65. The lowest BCUT2D eigenvalue weighted by Crippen LogP contribution is -2.26. The van der Waals surface area contributed by atoms with E-state index >= 15 is 0 Å². The Morgan fingerprint density at radius 1 is 1.10 bits per heavy atom. The van der Waals surface area contributed by atoms with Gasteiger partial charge in [0.2, 0.25) is 0 Å². The van der Waals surface area contributed by atoms with E-state index in [1.165, 1.54) is 30.5 Å². The van der Waals surface area contributed by atoms with Crippen LogP contribution in [-0.4, -0.2) is 22.2 Å². The predicted octanol–water partition coefficient (Wildman–Crippen LogP) is 5.21. The minimum Gasteiger partial charge on any atom is -0.485 e. The van der Waals surface area contributed by atoms with Crippen LogP contribution < -0.4 is 10.1 Å². The van der Waals surface area contributed by atoms with Crippen molar-refractivity contribution < 1.29 is 13.9 Å². The van der Waals surface area contributed by atoms with Crippen LogP contribution in [0.1, 0.15) is 48.2 Å². The molecule has 5 nitrogen and oxygen atoms in total. The van der Waals surface area contributed by atoms with Crippen molar-refractivity contribution in [2.24, 2.45) is 0 Å². The fourth-order valence-electron chi connectivity index (χ4n) is 3.63. The summed E-state index contributed by atoms with van der Waals surface area (Å²) in [5.41, 5.74) is 3.27. The molecule has 0 aliphatic heterocycles. The van der Waals surface area contributed by atoms with E-state index in [9.17, 15) is 9.18 Å². The third-order valence-corrected chi connectivity index (χ3v) is 5.34. The highest BCUT2D eigenvalue weighted by Crippen LogP contribution is 2.22. The van der Waals surface area contributed by atoms with Crippen molar-refractivity contribution >= 4 is 5.91 Å². The molecule has 4 rings (SSSR count). The molecule has 1 heterocycles. The highest BCUT2D eigenvalue weighted by molar-refractivity contribution is 5.95. The van der Waals surface area contributed by atoms with Crippen LogP contribution in [0.2, 0.25) is 0 Å². The van der Waals surface area contributed by atoms with Crippen molar-refractivity contribution in [1.29, 1.82) is 0 Å². The largest absolute Gasteiger partial charge is 0.485 e. The average Bonchev–Trinajstić information content (AvgIpc) is 3.24. The van der Waals surface area contributed by atoms with Gasteiger partial charge in [0, 0.05) is 6.54 Å². The van der Waals surface area contributed by atoms with E-state index in [0.29, 0.717) is 24.6 Å². The number of nitrogens with zero attached hydrogens (tertiary/aromatic N) is 2. The van der Waals surface area contributed by atoms with Gasteiger partial charge in [0.15, 0.2) is 11.4 Å². The number of rotatable bonds is 8. The number of carbonyl (C=O) groups excluding carboxylic acids is 1. The van der Waals surface area contributed by atoms with Crippen LogP contribution in [-0.2, 0) is 6.61 Å². The van der Waals surface area contributed by atoms with E-state index in [-0.39, 0.29) is 17.4 Å². The van der Waals surface area contributed by atoms with Crippen molar-refractivity contribution in [3.63, 3.8) is 0 Å². The fraction of sp³-hybridized carbons (Fsp3) is 0.280. The number of amides is 1. The Morgan fingerprint density at radius 3 is 2.65 bits per heavy atom. The zero-order valence-corrected chi connectivity index (χ0v) is 17.4. The molecule has 0 radical (unpaired) electrons. The summed E-state index contributed by atoms with van der Waals surface area (Å²) in [6.45, 7) is 0.884. The minimum absolute atomic E-state index is 0.220. The highest BCUT2D eigenvalue weighted by Gasteiger charge is 2.19. The molecule has 0 fully saturated rings. The van der Waals surface area contributed by atoms with Gasteiger partial charge in [-0.3, -0.25) is 4.79 Å². The zero-order valence-electron chi connectivity index (χ0n) is 17.4. The molecule has 1 amide bonds. The van der Waals surface area contributed by atoms with Crippen LogP contribution in [0.15, 0.2) is 72.4 Å². The summed E-state index contributed by atoms with van der Waals surface area (Å²) in [6.07, 6.45) is 9.51. The summed E-state index contributed by atoms with van der Waals surface area (Å²) in [5.74, 6) is -0.214. The molecular formula is C25H26FN3O2. The molecular weight excluding hydrogens is 393 g/mol. The molecule has 0 bridgehead atoms. The number of ether oxygens (including phenoxy) is 1. The summed E-state index contributed by atoms with van der Waals surface area (Å²) in [6, 6.07) is 15.7. The molecule has 160 valence electrons. The lowest BCUT2D eigenvalue weighted by Gasteiger charge is -2.12. The van der Waals surface area contributed by atoms with Gasteiger partial charge in [0.05, 0.1) is 11.9 Å². The Labute approximate surface area is 181 Å². The van der Waals surface area contributed by atoms with Gasteiger partial charge >= 0.3 is 0 Å². The van der Waals surface area contributed by atoms with E-state index in [0.717, 1.165) is 24.8 Å². The maximum atomic E-state index is 13.3. The van der Waals surface area contributed by atoms with Gasteiger partial charge in [-0.15, -0.1) is 0 Å². The number of benzene rings is 2. The number of aromatic nitrogens is 2. The van der Waals surface area contributed by atoms with Gasteiger partial charge in [0.1, 0.15) is 12.4 Å². The highest BCUT2D eigenvalue weighted by atomic mass is 19.1. The first kappa shape index (κ1) is 20.8. The van der Waals surface area contributed by atoms with E-state index < -0.39 is 0 Å². The third-order valence-electron chi connectivity index (χ3n) is 5.34. The second kappa shape index (κ2) is 10.1. The van der Waals surface area contributed by atoms with E-state index in [1.807, 2.05) is 30.3 Å². The predicted molar refractivity (Wildman–Crippen MR) is 118 cm³/mol. The molecule has 2 aromatic carbocycles. The standard InChI is InChI=1S/C25H26FN3O2/c26-21-11-13-22(14-12-21)29-17-23(31-18-20-9-5-2-6-10-20)24(28-29)25(30)27-16-15-19-7-3-1-4-8-19/h2,5-7,9-14,17H,1,3-4,8,15-16,18H2,(H,27,30). The van der Waals surface area contributed by atoms with Crippen LogP contribution in [0, 0.1) is 5.82 Å². The number of halogens is 1. The van der Waals surface area contributed by atoms with Gasteiger partial charge in [-0.1, -0.05) is 42.0 Å². The third kappa shape index (κ3) is 5.60. The quantitative estimate of drug-likeness (QED) is 0.510. The normalized spacial score (nSPS) is 13.5. The lowest BCUT2D eigenvalue weighted by atomic mass is 9.97. The van der Waals surface area contributed by atoms with E-state index in [4.69, 9.17) is 4.74 Å². The Kier molecular flexibility index (Phi) is 6.77. The Hall–Kier alpha value is -3.41. The average molecular weight is 420 g/mol. The van der Waals surface area contributed by atoms with Crippen LogP contribution in [0.4, 0.5) is 4.39 Å². The Morgan fingerprint density at radius 2 is 1.90 bits per heavy atom. The second-order valence-corrected chi connectivity index (χ2v) is 7.65. The molecule has 0 atom stereocenters. The fourth-order valence-corrected chi connectivity index (χ4v) is 3.63. The molecule has 1 N–H and O–H groups in total. The number of nitrogens with one attached hydrogen (secondary N) is 1. The summed E-state index contributed by atoms with van der Waals surface area (Å²) >= 11 is 0. The van der Waals surface area contributed by atoms with Crippen molar-refractivity contribution in [2.45, 2.75) is 38.7 Å². The van der Waals surface area contributed by atoms with E-state index in [2.05, 4.69) is 16.5 Å². The molecule has 1 aliphatic rings. The minimum atomic E-state index is -0.327. The van der Waals surface area contributed by atoms with Crippen molar-refractivity contribution in [1.82, 2.24) is 15.1 Å². The van der Waals surface area contributed by atoms with Crippen LogP contribution in [0.5, 0.6) is 5.75 Å². The first-order valence-corrected chi connectivity index (χ1v) is 10.7. The zero-order chi connectivity index (χ0) is 21.5. The smallest absolute Gasteiger partial charge is 0.275 e. The first-order valence-electron chi connectivity index (χ1n) is 10.7. The Bertz CT molecular complexity index is 1040. The number of carbonyl (C=O) groups is 1. The van der Waals surface area contributed by atoms with Gasteiger partial charge in [-0.25, -0.2) is 9.07 Å². The molecule has 0 saturated heterocycles. The van der Waals surface area contributed by atoms with Crippen molar-refractivity contribution in [2.75, 3.05) is 6.54 Å².